The van der Waals surface area contributed by atoms with Crippen molar-refractivity contribution in [3.63, 3.8) is 0 Å². The number of carbonyl (C=O) groups is 1. The summed E-state index contributed by atoms with van der Waals surface area (Å²) in [6.45, 7) is 3.98. The summed E-state index contributed by atoms with van der Waals surface area (Å²) < 4.78 is 14.7. The first-order valence-corrected chi connectivity index (χ1v) is 14.8. The fraction of sp³-hybridized carbons (Fsp3) is 0.235. The maximum Gasteiger partial charge on any atom is 0.343 e. The van der Waals surface area contributed by atoms with E-state index >= 15 is 0 Å². The monoisotopic (exact) mass is 589 g/mol. The maximum atomic E-state index is 13.0. The smallest absolute Gasteiger partial charge is 0.343 e. The van der Waals surface area contributed by atoms with Crippen LogP contribution in [0.25, 0.3) is 27.9 Å². The van der Waals surface area contributed by atoms with Gasteiger partial charge in [0.25, 0.3) is 5.65 Å². The van der Waals surface area contributed by atoms with Gasteiger partial charge in [-0.25, -0.2) is 19.3 Å². The Bertz CT molecular complexity index is 1880. The van der Waals surface area contributed by atoms with Gasteiger partial charge < -0.3 is 19.5 Å². The molecular weight excluding hydrogens is 556 g/mol. The standard InChI is InChI=1S/C34H32N6O4/c1-2-44-34(42)27-18-36-40-31(38(19-23-10-5-3-6-11-23)20-24-12-7-4-8-13-24)16-28(37-33(27)40)26-17-35-32-25(26)14-9-15-39(32)29-21-43-22-30(29)41/h3-18,29-30,41H,2,19-22H2,1H3/p+1/t29?,30-/m0/s1. The van der Waals surface area contributed by atoms with Gasteiger partial charge >= 0.3 is 5.97 Å². The average Bonchev–Trinajstić information content (AvgIpc) is 3.79. The molecule has 10 heteroatoms. The number of hydrogen-bond acceptors (Lipinski definition) is 7. The fourth-order valence-corrected chi connectivity index (χ4v) is 5.89. The van der Waals surface area contributed by atoms with Gasteiger partial charge in [0.2, 0.25) is 0 Å². The van der Waals surface area contributed by atoms with Crippen LogP contribution in [0, 0.1) is 0 Å². The number of benzene rings is 2. The lowest BCUT2D eigenvalue weighted by Gasteiger charge is -2.26. The lowest BCUT2D eigenvalue weighted by atomic mass is 10.1. The largest absolute Gasteiger partial charge is 0.462 e. The fourth-order valence-electron chi connectivity index (χ4n) is 5.89. The number of pyridine rings is 1. The lowest BCUT2D eigenvalue weighted by Crippen LogP contribution is -2.45. The molecule has 5 heterocycles. The molecule has 1 aliphatic heterocycles. The Morgan fingerprint density at radius 3 is 2.45 bits per heavy atom. The lowest BCUT2D eigenvalue weighted by molar-refractivity contribution is -0.703. The molecule has 222 valence electrons. The zero-order chi connectivity index (χ0) is 30.0. The molecule has 0 bridgehead atoms. The van der Waals surface area contributed by atoms with Crippen LogP contribution in [0.3, 0.4) is 0 Å². The van der Waals surface area contributed by atoms with Gasteiger partial charge in [-0.2, -0.15) is 9.61 Å². The molecule has 2 aromatic carbocycles. The van der Waals surface area contributed by atoms with Gasteiger partial charge in [0.15, 0.2) is 11.7 Å². The summed E-state index contributed by atoms with van der Waals surface area (Å²) in [7, 11) is 0. The van der Waals surface area contributed by atoms with Crippen molar-refractivity contribution in [1.29, 1.82) is 0 Å². The van der Waals surface area contributed by atoms with Crippen molar-refractivity contribution in [3.8, 4) is 11.3 Å². The van der Waals surface area contributed by atoms with Gasteiger partial charge in [-0.15, -0.1) is 0 Å². The van der Waals surface area contributed by atoms with Crippen molar-refractivity contribution in [2.45, 2.75) is 32.2 Å². The second-order valence-electron chi connectivity index (χ2n) is 10.9. The number of nitrogens with one attached hydrogen (secondary N) is 1. The SMILES string of the molecule is CCOC(=O)c1cnn2c(N(Cc3ccccc3)Cc3ccccc3)cc(-c3c[nH]c4c3ccc[n+]4C3COC[C@@H]3O)nc12. The van der Waals surface area contributed by atoms with Gasteiger partial charge in [-0.1, -0.05) is 60.7 Å². The van der Waals surface area contributed by atoms with Crippen LogP contribution in [0.5, 0.6) is 0 Å². The van der Waals surface area contributed by atoms with Crippen molar-refractivity contribution in [3.05, 3.63) is 114 Å². The first-order chi connectivity index (χ1) is 21.6. The Hall–Kier alpha value is -5.06. The molecule has 1 fully saturated rings. The van der Waals surface area contributed by atoms with Crippen LogP contribution in [0.4, 0.5) is 5.82 Å². The number of H-pyrrole nitrogens is 1. The number of ether oxygens (including phenoxy) is 2. The highest BCUT2D eigenvalue weighted by Crippen LogP contribution is 2.32. The number of aromatic amines is 1. The number of aromatic nitrogens is 5. The van der Waals surface area contributed by atoms with Crippen LogP contribution in [0.2, 0.25) is 0 Å². The summed E-state index contributed by atoms with van der Waals surface area (Å²) in [6.07, 6.45) is 4.80. The second kappa shape index (κ2) is 11.9. The summed E-state index contributed by atoms with van der Waals surface area (Å²) in [4.78, 5) is 23.7. The highest BCUT2D eigenvalue weighted by Gasteiger charge is 2.33. The molecule has 6 aromatic rings. The Morgan fingerprint density at radius 1 is 1.07 bits per heavy atom. The Morgan fingerprint density at radius 2 is 1.80 bits per heavy atom. The van der Waals surface area contributed by atoms with Crippen molar-refractivity contribution in [2.24, 2.45) is 0 Å². The summed E-state index contributed by atoms with van der Waals surface area (Å²) in [6, 6.07) is 26.4. The van der Waals surface area contributed by atoms with Gasteiger partial charge in [0.05, 0.1) is 55.1 Å². The molecule has 44 heavy (non-hydrogen) atoms. The molecule has 0 aliphatic carbocycles. The summed E-state index contributed by atoms with van der Waals surface area (Å²) in [5.74, 6) is 0.314. The van der Waals surface area contributed by atoms with E-state index in [0.717, 1.165) is 33.5 Å². The van der Waals surface area contributed by atoms with Crippen LogP contribution < -0.4 is 9.47 Å². The average molecular weight is 590 g/mol. The van der Waals surface area contributed by atoms with Crippen molar-refractivity contribution < 1.29 is 23.9 Å². The van der Waals surface area contributed by atoms with Crippen molar-refractivity contribution >= 4 is 28.5 Å². The topological polar surface area (TPSA) is 109 Å². The van der Waals surface area contributed by atoms with E-state index in [1.165, 1.54) is 6.20 Å². The quantitative estimate of drug-likeness (QED) is 0.189. The minimum absolute atomic E-state index is 0.200. The molecule has 0 saturated carbocycles. The zero-order valence-corrected chi connectivity index (χ0v) is 24.3. The predicted molar refractivity (Wildman–Crippen MR) is 165 cm³/mol. The first kappa shape index (κ1) is 27.8. The molecule has 1 saturated heterocycles. The number of esters is 1. The third-order valence-electron chi connectivity index (χ3n) is 8.03. The van der Waals surface area contributed by atoms with E-state index < -0.39 is 12.1 Å². The molecular formula is C34H33N6O4+. The minimum Gasteiger partial charge on any atom is -0.462 e. The molecule has 1 unspecified atom stereocenters. The third-order valence-corrected chi connectivity index (χ3v) is 8.03. The molecule has 4 aromatic heterocycles. The van der Waals surface area contributed by atoms with Crippen LogP contribution in [-0.4, -0.2) is 56.6 Å². The van der Waals surface area contributed by atoms with Gasteiger partial charge in [-0.3, -0.25) is 0 Å². The number of aliphatic hydroxyl groups is 1. The van der Waals surface area contributed by atoms with Crippen LogP contribution in [0.15, 0.2) is 97.5 Å². The minimum atomic E-state index is -0.595. The van der Waals surface area contributed by atoms with Crippen LogP contribution >= 0.6 is 0 Å². The van der Waals surface area contributed by atoms with E-state index in [9.17, 15) is 9.90 Å². The Labute approximate surface area is 254 Å². The second-order valence-corrected chi connectivity index (χ2v) is 10.9. The Balaban J connectivity index is 1.41. The number of aliphatic hydroxyl groups excluding tert-OH is 1. The molecule has 1 aliphatic rings. The molecule has 10 nitrogen and oxygen atoms in total. The maximum absolute atomic E-state index is 13.0. The predicted octanol–water partition coefficient (Wildman–Crippen LogP) is 4.48. The van der Waals surface area contributed by atoms with Gasteiger partial charge in [-0.05, 0) is 30.2 Å². The van der Waals surface area contributed by atoms with E-state index in [0.29, 0.717) is 43.2 Å². The molecule has 0 radical (unpaired) electrons. The molecule has 0 spiro atoms. The van der Waals surface area contributed by atoms with Crippen molar-refractivity contribution in [1.82, 2.24) is 19.6 Å². The van der Waals surface area contributed by atoms with Crippen molar-refractivity contribution in [2.75, 3.05) is 24.7 Å². The first-order valence-electron chi connectivity index (χ1n) is 14.8. The van der Waals surface area contributed by atoms with Crippen LogP contribution in [0.1, 0.15) is 34.5 Å². The van der Waals surface area contributed by atoms with Gasteiger partial charge in [0.1, 0.15) is 17.5 Å². The highest BCUT2D eigenvalue weighted by molar-refractivity contribution is 5.97. The van der Waals surface area contributed by atoms with E-state index in [4.69, 9.17) is 14.5 Å². The number of carbonyl (C=O) groups excluding carboxylic acids is 1. The van der Waals surface area contributed by atoms with E-state index in [2.05, 4.69) is 39.2 Å². The van der Waals surface area contributed by atoms with E-state index in [1.54, 1.807) is 11.4 Å². The number of anilines is 1. The summed E-state index contributed by atoms with van der Waals surface area (Å²) >= 11 is 0. The normalized spacial score (nSPS) is 16.5. The summed E-state index contributed by atoms with van der Waals surface area (Å²) in [5, 5.41) is 16.1. The number of rotatable bonds is 9. The molecule has 7 rings (SSSR count). The number of fused-ring (bicyclic) bond motifs is 2. The van der Waals surface area contributed by atoms with Crippen LogP contribution in [-0.2, 0) is 22.6 Å². The third kappa shape index (κ3) is 5.18. The van der Waals surface area contributed by atoms with E-state index in [1.807, 2.05) is 71.6 Å². The zero-order valence-electron chi connectivity index (χ0n) is 24.3. The number of nitrogens with zero attached hydrogens (tertiary/aromatic N) is 5. The van der Waals surface area contributed by atoms with Gasteiger partial charge in [0, 0.05) is 19.2 Å². The molecule has 0 amide bonds. The summed E-state index contributed by atoms with van der Waals surface area (Å²) in [5.41, 5.74) is 5.38. The Kier molecular flexibility index (Phi) is 7.51. The highest BCUT2D eigenvalue weighted by atomic mass is 16.5. The molecule has 2 atom stereocenters. The van der Waals surface area contributed by atoms with E-state index in [-0.39, 0.29) is 12.6 Å². The molecule has 2 N–H and O–H groups in total. The number of hydrogen-bond donors (Lipinski definition) is 2.